The first-order valence-electron chi connectivity index (χ1n) is 15.6. The van der Waals surface area contributed by atoms with Gasteiger partial charge in [-0.15, -0.1) is 0 Å². The zero-order valence-corrected chi connectivity index (χ0v) is 26.8. The van der Waals surface area contributed by atoms with E-state index in [1.54, 1.807) is 6.07 Å². The molecule has 2 heterocycles. The van der Waals surface area contributed by atoms with Gasteiger partial charge in [0.25, 0.3) is 0 Å². The van der Waals surface area contributed by atoms with Crippen molar-refractivity contribution in [2.75, 3.05) is 13.2 Å². The molecule has 1 aliphatic heterocycles. The largest absolute Gasteiger partial charge is 0.492 e. The Morgan fingerprint density at radius 2 is 1.59 bits per heavy atom. The van der Waals surface area contributed by atoms with Gasteiger partial charge in [-0.2, -0.15) is 31.8 Å². The van der Waals surface area contributed by atoms with E-state index in [1.807, 2.05) is 69.3 Å². The van der Waals surface area contributed by atoms with Gasteiger partial charge in [0.05, 0.1) is 28.8 Å². The van der Waals surface area contributed by atoms with E-state index in [4.69, 9.17) is 9.57 Å². The van der Waals surface area contributed by atoms with Crippen LogP contribution in [0.15, 0.2) is 72.8 Å². The molecule has 0 bridgehead atoms. The molecule has 6 nitrogen and oxygen atoms in total. The summed E-state index contributed by atoms with van der Waals surface area (Å²) in [6.07, 6.45) is -10.3. The topological polar surface area (TPSA) is 69.6 Å². The molecular formula is C37H32F6N2O4. The first-order valence-corrected chi connectivity index (χ1v) is 15.6. The minimum absolute atomic E-state index is 0.0211. The molecule has 1 atom stereocenters. The van der Waals surface area contributed by atoms with Crippen molar-refractivity contribution in [3.8, 4) is 5.75 Å². The fourth-order valence-corrected chi connectivity index (χ4v) is 6.48. The van der Waals surface area contributed by atoms with Crippen molar-refractivity contribution < 1.29 is 45.5 Å². The summed E-state index contributed by atoms with van der Waals surface area (Å²) in [5, 5.41) is 1.63. The third-order valence-electron chi connectivity index (χ3n) is 8.97. The number of benzene rings is 4. The number of nitrogens with zero attached hydrogens (tertiary/aromatic N) is 1. The van der Waals surface area contributed by atoms with Crippen molar-refractivity contribution in [1.29, 1.82) is 0 Å². The fourth-order valence-electron chi connectivity index (χ4n) is 6.48. The lowest BCUT2D eigenvalue weighted by Gasteiger charge is -2.36. The van der Waals surface area contributed by atoms with E-state index in [9.17, 15) is 35.9 Å². The standard InChI is InChI=1S/C37H32F6N2O4/c1-4-45-30-11-9-23(33(47)27-8-6-5-7-21(27)2)18-28(30)32-31(45)12-10-29-34(32)48-14-13-35(29,3)44-49-20-26(46)17-22-15-24(36(38,39)40)19-25(16-22)37(41,42)43/h5-12,15-16,18-19,44H,4,13-14,17,20H2,1-3H3. The van der Waals surface area contributed by atoms with Crippen molar-refractivity contribution in [1.82, 2.24) is 10.0 Å². The average molecular weight is 683 g/mol. The zero-order chi connectivity index (χ0) is 35.3. The Morgan fingerprint density at radius 1 is 0.918 bits per heavy atom. The number of rotatable bonds is 9. The summed E-state index contributed by atoms with van der Waals surface area (Å²) in [6, 6.07) is 17.9. The number of nitrogens with one attached hydrogen (secondary N) is 1. The van der Waals surface area contributed by atoms with Crippen LogP contribution in [-0.4, -0.2) is 29.3 Å². The Labute approximate surface area is 277 Å². The number of hydrogen-bond acceptors (Lipinski definition) is 5. The SMILES string of the molecule is CCn1c2ccc(C(=O)c3ccccc3C)cc2c2c3c(ccc21)C(C)(NOCC(=O)Cc1cc(C(F)(F)F)cc(C(F)(F)F)c1)CCO3. The van der Waals surface area contributed by atoms with Gasteiger partial charge >= 0.3 is 12.4 Å². The number of hydroxylamine groups is 1. The highest BCUT2D eigenvalue weighted by Gasteiger charge is 2.38. The number of aromatic nitrogens is 1. The van der Waals surface area contributed by atoms with Gasteiger partial charge in [-0.05, 0) is 74.4 Å². The van der Waals surface area contributed by atoms with E-state index in [0.29, 0.717) is 42.0 Å². The van der Waals surface area contributed by atoms with E-state index in [1.165, 1.54) is 0 Å². The van der Waals surface area contributed by atoms with Crippen molar-refractivity contribution in [3.05, 3.63) is 112 Å². The molecule has 1 aliphatic rings. The van der Waals surface area contributed by atoms with Gasteiger partial charge < -0.3 is 9.30 Å². The molecule has 0 amide bonds. The normalized spacial score (nSPS) is 16.5. The second-order valence-electron chi connectivity index (χ2n) is 12.4. The highest BCUT2D eigenvalue weighted by Crippen LogP contribution is 2.45. The van der Waals surface area contributed by atoms with Crippen molar-refractivity contribution >= 4 is 33.4 Å². The fraction of sp³-hybridized carbons (Fsp3) is 0.297. The summed E-state index contributed by atoms with van der Waals surface area (Å²) in [7, 11) is 0. The molecule has 4 aromatic carbocycles. The molecule has 49 heavy (non-hydrogen) atoms. The van der Waals surface area contributed by atoms with E-state index < -0.39 is 53.4 Å². The van der Waals surface area contributed by atoms with Crippen molar-refractivity contribution in [2.45, 2.75) is 58.0 Å². The van der Waals surface area contributed by atoms with Gasteiger partial charge in [0.1, 0.15) is 12.4 Å². The Bertz CT molecular complexity index is 2070. The number of alkyl halides is 6. The van der Waals surface area contributed by atoms with Crippen LogP contribution in [0.1, 0.15) is 64.0 Å². The van der Waals surface area contributed by atoms with Crippen LogP contribution in [0.5, 0.6) is 5.75 Å². The second kappa shape index (κ2) is 12.6. The third kappa shape index (κ3) is 6.54. The maximum absolute atomic E-state index is 13.5. The maximum atomic E-state index is 13.5. The van der Waals surface area contributed by atoms with Crippen LogP contribution in [0.4, 0.5) is 26.3 Å². The highest BCUT2D eigenvalue weighted by molar-refractivity contribution is 6.16. The summed E-state index contributed by atoms with van der Waals surface area (Å²) < 4.78 is 88.0. The summed E-state index contributed by atoms with van der Waals surface area (Å²) in [5.74, 6) is -0.245. The van der Waals surface area contributed by atoms with Crippen LogP contribution in [0.3, 0.4) is 0 Å². The summed E-state index contributed by atoms with van der Waals surface area (Å²) in [6.45, 7) is 6.08. The first-order chi connectivity index (χ1) is 23.1. The van der Waals surface area contributed by atoms with Crippen LogP contribution in [-0.2, 0) is 40.5 Å². The Balaban J connectivity index is 1.27. The lowest BCUT2D eigenvalue weighted by Crippen LogP contribution is -2.44. The minimum Gasteiger partial charge on any atom is -0.492 e. The lowest BCUT2D eigenvalue weighted by atomic mass is 9.86. The lowest BCUT2D eigenvalue weighted by molar-refractivity contribution is -0.143. The predicted octanol–water partition coefficient (Wildman–Crippen LogP) is 8.72. The molecule has 0 radical (unpaired) electrons. The van der Waals surface area contributed by atoms with Gasteiger partial charge in [0.2, 0.25) is 0 Å². The highest BCUT2D eigenvalue weighted by atomic mass is 19.4. The summed E-state index contributed by atoms with van der Waals surface area (Å²) in [4.78, 5) is 31.8. The van der Waals surface area contributed by atoms with Crippen LogP contribution in [0.2, 0.25) is 0 Å². The van der Waals surface area contributed by atoms with Crippen molar-refractivity contribution in [2.24, 2.45) is 0 Å². The van der Waals surface area contributed by atoms with E-state index in [2.05, 4.69) is 10.0 Å². The molecule has 12 heteroatoms. The number of ether oxygens (including phenoxy) is 1. The van der Waals surface area contributed by atoms with Gasteiger partial charge in [0.15, 0.2) is 11.6 Å². The van der Waals surface area contributed by atoms with Crippen LogP contribution in [0, 0.1) is 6.92 Å². The quantitative estimate of drug-likeness (QED) is 0.0957. The number of aryl methyl sites for hydroxylation is 2. The molecule has 1 N–H and O–H groups in total. The molecule has 0 saturated carbocycles. The number of carbonyl (C=O) groups is 2. The molecule has 0 saturated heterocycles. The average Bonchev–Trinajstić information content (AvgIpc) is 3.37. The smallest absolute Gasteiger partial charge is 0.416 e. The Kier molecular flexibility index (Phi) is 8.83. The summed E-state index contributed by atoms with van der Waals surface area (Å²) >= 11 is 0. The molecule has 0 aliphatic carbocycles. The predicted molar refractivity (Wildman–Crippen MR) is 171 cm³/mol. The Morgan fingerprint density at radius 3 is 2.24 bits per heavy atom. The van der Waals surface area contributed by atoms with E-state index >= 15 is 0 Å². The first kappa shape index (κ1) is 34.2. The molecule has 0 spiro atoms. The number of halogens is 6. The zero-order valence-electron chi connectivity index (χ0n) is 26.8. The Hall–Kier alpha value is -4.68. The number of carbonyl (C=O) groups excluding carboxylic acids is 2. The molecule has 5 aromatic rings. The van der Waals surface area contributed by atoms with Crippen molar-refractivity contribution in [3.63, 3.8) is 0 Å². The number of fused-ring (bicyclic) bond motifs is 5. The number of Topliss-reactive ketones (excluding diaryl/α,β-unsaturated/α-hetero) is 1. The third-order valence-corrected chi connectivity index (χ3v) is 8.97. The molecule has 1 aromatic heterocycles. The van der Waals surface area contributed by atoms with Gasteiger partial charge in [-0.1, -0.05) is 30.3 Å². The second-order valence-corrected chi connectivity index (χ2v) is 12.4. The maximum Gasteiger partial charge on any atom is 0.416 e. The van der Waals surface area contributed by atoms with Crippen LogP contribution in [0.25, 0.3) is 21.8 Å². The molecule has 1 unspecified atom stereocenters. The minimum atomic E-state index is -5.02. The summed E-state index contributed by atoms with van der Waals surface area (Å²) in [5.41, 5.74) is 3.17. The molecular weight excluding hydrogens is 650 g/mol. The molecule has 256 valence electrons. The molecule has 6 rings (SSSR count). The van der Waals surface area contributed by atoms with E-state index in [-0.39, 0.29) is 18.5 Å². The monoisotopic (exact) mass is 682 g/mol. The van der Waals surface area contributed by atoms with Crippen LogP contribution >= 0.6 is 0 Å². The molecule has 0 fully saturated rings. The number of hydrogen-bond donors (Lipinski definition) is 1. The van der Waals surface area contributed by atoms with Gasteiger partial charge in [0, 0.05) is 52.4 Å². The van der Waals surface area contributed by atoms with Crippen LogP contribution < -0.4 is 10.2 Å². The number of ketones is 2. The van der Waals surface area contributed by atoms with Gasteiger partial charge in [-0.3, -0.25) is 14.4 Å². The van der Waals surface area contributed by atoms with E-state index in [0.717, 1.165) is 32.9 Å². The van der Waals surface area contributed by atoms with Gasteiger partial charge in [-0.25, -0.2) is 0 Å².